The molecule has 0 bridgehead atoms. The third-order valence-corrected chi connectivity index (χ3v) is 5.54. The Kier molecular flexibility index (Phi) is 15.7. The summed E-state index contributed by atoms with van der Waals surface area (Å²) in [6, 6.07) is 4.54. The molecule has 5 nitrogen and oxygen atoms in total. The summed E-state index contributed by atoms with van der Waals surface area (Å²) in [4.78, 5) is 15.6. The van der Waals surface area contributed by atoms with E-state index >= 15 is 0 Å². The van der Waals surface area contributed by atoms with Gasteiger partial charge in [0.2, 0.25) is 5.91 Å². The maximum atomic E-state index is 13.1. The van der Waals surface area contributed by atoms with Gasteiger partial charge >= 0.3 is 31.3 Å². The van der Waals surface area contributed by atoms with Gasteiger partial charge in [-0.25, -0.2) is 6.57 Å². The monoisotopic (exact) mass is 567 g/mol. The van der Waals surface area contributed by atoms with Gasteiger partial charge in [0.15, 0.2) is 6.61 Å². The van der Waals surface area contributed by atoms with Gasteiger partial charge in [0.25, 0.3) is 0 Å². The number of nitrogens with one attached hydrogen (secondary N) is 1. The maximum absolute atomic E-state index is 13.1. The zero-order valence-corrected chi connectivity index (χ0v) is 21.8. The molecule has 1 aromatic rings. The number of carbonyl (C=O) groups is 1. The van der Waals surface area contributed by atoms with E-state index in [1.54, 1.807) is 6.07 Å². The van der Waals surface area contributed by atoms with Crippen LogP contribution in [-0.2, 0) is 30.4 Å². The normalized spacial score (nSPS) is 16.5. The fraction of sp³-hybridized carbons (Fsp3) is 0.560. The van der Waals surface area contributed by atoms with Crippen LogP contribution >= 0.6 is 0 Å². The van der Waals surface area contributed by atoms with E-state index in [-0.39, 0.29) is 51.7 Å². The fourth-order valence-corrected chi connectivity index (χ4v) is 3.70. The molecule has 0 radical (unpaired) electrons. The van der Waals surface area contributed by atoms with Crippen molar-refractivity contribution in [1.82, 2.24) is 5.32 Å². The topological polar surface area (TPSA) is 66.5 Å². The molecule has 1 amide bonds. The number of halogens is 3. The molecule has 190 valence electrons. The molecule has 1 unspecified atom stereocenters. The first-order valence-corrected chi connectivity index (χ1v) is 10.6. The second-order valence-electron chi connectivity index (χ2n) is 8.23. The number of amides is 1. The van der Waals surface area contributed by atoms with E-state index in [9.17, 15) is 18.0 Å². The Labute approximate surface area is 215 Å². The summed E-state index contributed by atoms with van der Waals surface area (Å²) in [7, 11) is 0. The second-order valence-corrected chi connectivity index (χ2v) is 8.23. The molecular weight excluding hydrogens is 532 g/mol. The first-order valence-electron chi connectivity index (χ1n) is 10.6. The molecule has 0 heterocycles. The number of nitrogens with zero attached hydrogens (tertiary/aromatic N) is 2. The van der Waals surface area contributed by atoms with Crippen molar-refractivity contribution in [2.45, 2.75) is 76.6 Å². The standard InChI is InChI=1S/C18H18F3N3O2.C5H10.2CH3.Ru/c1-17(23-2,24-16(25)13-5-3-4-6-13)11-26-15-9-12(10-22)7-8-14(15)18(19,20)21;1-2-4-5-3-1;;;/h7-9,13H,3-6,11H2,1H3,(H,24,25);1-5H2;2*1H3;/q;;2*-1;+2. The van der Waals surface area contributed by atoms with Crippen LogP contribution in [0.1, 0.15) is 75.8 Å². The van der Waals surface area contributed by atoms with Crippen molar-refractivity contribution in [3.63, 3.8) is 0 Å². The van der Waals surface area contributed by atoms with Crippen molar-refractivity contribution >= 4 is 5.91 Å². The first kappa shape index (κ1) is 34.1. The second kappa shape index (κ2) is 15.7. The molecule has 34 heavy (non-hydrogen) atoms. The summed E-state index contributed by atoms with van der Waals surface area (Å²) in [6.07, 6.45) is 6.20. The Hall–Kier alpha value is -2.12. The molecular formula is C25H34F3N3O2Ru. The van der Waals surface area contributed by atoms with Crippen molar-refractivity contribution in [3.8, 4) is 11.8 Å². The van der Waals surface area contributed by atoms with E-state index in [0.717, 1.165) is 43.9 Å². The average molecular weight is 567 g/mol. The van der Waals surface area contributed by atoms with Gasteiger partial charge in [-0.15, -0.1) is 0 Å². The number of nitriles is 1. The van der Waals surface area contributed by atoms with Crippen LogP contribution in [0.4, 0.5) is 13.2 Å². The minimum atomic E-state index is -4.66. The minimum Gasteiger partial charge on any atom is -0.482 e. The van der Waals surface area contributed by atoms with Crippen LogP contribution < -0.4 is 10.1 Å². The number of rotatable bonds is 5. The fourth-order valence-electron chi connectivity index (χ4n) is 3.70. The van der Waals surface area contributed by atoms with E-state index < -0.39 is 29.8 Å². The Bertz CT molecular complexity index is 832. The van der Waals surface area contributed by atoms with E-state index in [4.69, 9.17) is 16.6 Å². The molecule has 1 N–H and O–H groups in total. The van der Waals surface area contributed by atoms with E-state index in [1.807, 2.05) is 0 Å². The number of ether oxygens (including phenoxy) is 1. The van der Waals surface area contributed by atoms with E-state index in [1.165, 1.54) is 39.0 Å². The van der Waals surface area contributed by atoms with Gasteiger partial charge in [0, 0.05) is 12.8 Å². The van der Waals surface area contributed by atoms with Crippen LogP contribution in [0.2, 0.25) is 0 Å². The molecule has 2 saturated carbocycles. The van der Waals surface area contributed by atoms with Gasteiger partial charge in [0.05, 0.1) is 17.2 Å². The maximum Gasteiger partial charge on any atom is 2.00 e. The van der Waals surface area contributed by atoms with E-state index in [0.29, 0.717) is 0 Å². The van der Waals surface area contributed by atoms with Gasteiger partial charge < -0.3 is 19.6 Å². The average Bonchev–Trinajstić information content (AvgIpc) is 3.48. The third kappa shape index (κ3) is 10.4. The predicted molar refractivity (Wildman–Crippen MR) is 123 cm³/mol. The van der Waals surface area contributed by atoms with Gasteiger partial charge in [-0.05, 0) is 31.0 Å². The number of hydrogen-bond acceptors (Lipinski definition) is 3. The number of benzene rings is 1. The molecule has 2 aliphatic rings. The van der Waals surface area contributed by atoms with Crippen LogP contribution in [0.25, 0.3) is 4.85 Å². The SMILES string of the molecule is C1CCCC1.[C-]#[N+]C(C)(COc1cc(C#N)ccc1C(F)(F)F)NC(=O)C1CCCC1.[CH3-].[CH3-].[Ru+2]. The Morgan fingerprint density at radius 2 is 1.68 bits per heavy atom. The van der Waals surface area contributed by atoms with Crippen LogP contribution in [0, 0.1) is 38.7 Å². The minimum absolute atomic E-state index is 0. The molecule has 0 saturated heterocycles. The molecule has 2 fully saturated rings. The summed E-state index contributed by atoms with van der Waals surface area (Å²) in [5.41, 5.74) is -2.52. The van der Waals surface area contributed by atoms with E-state index in [2.05, 4.69) is 10.2 Å². The Balaban J connectivity index is 0. The first-order chi connectivity index (χ1) is 14.7. The van der Waals surface area contributed by atoms with Crippen LogP contribution in [0.5, 0.6) is 5.75 Å². The molecule has 1 atom stereocenters. The summed E-state index contributed by atoms with van der Waals surface area (Å²) in [5.74, 6) is -1.00. The zero-order valence-electron chi connectivity index (χ0n) is 20.1. The molecule has 0 aliphatic heterocycles. The van der Waals surface area contributed by atoms with Crippen molar-refractivity contribution in [2.75, 3.05) is 6.61 Å². The van der Waals surface area contributed by atoms with Crippen molar-refractivity contribution in [3.05, 3.63) is 55.6 Å². The van der Waals surface area contributed by atoms with Gasteiger partial charge in [-0.3, -0.25) is 15.0 Å². The van der Waals surface area contributed by atoms with Crippen molar-refractivity contribution < 1.29 is 42.2 Å². The zero-order chi connectivity index (χ0) is 22.9. The predicted octanol–water partition coefficient (Wildman–Crippen LogP) is 6.75. The summed E-state index contributed by atoms with van der Waals surface area (Å²) < 4.78 is 44.5. The summed E-state index contributed by atoms with van der Waals surface area (Å²) >= 11 is 0. The summed E-state index contributed by atoms with van der Waals surface area (Å²) in [5, 5.41) is 11.5. The Morgan fingerprint density at radius 3 is 2.12 bits per heavy atom. The van der Waals surface area contributed by atoms with Crippen LogP contribution in [0.15, 0.2) is 18.2 Å². The van der Waals surface area contributed by atoms with Gasteiger partial charge in [-0.1, -0.05) is 44.9 Å². The molecule has 3 rings (SSSR count). The van der Waals surface area contributed by atoms with Crippen LogP contribution in [0.3, 0.4) is 0 Å². The molecule has 0 aromatic heterocycles. The molecule has 9 heteroatoms. The van der Waals surface area contributed by atoms with Crippen molar-refractivity contribution in [1.29, 1.82) is 5.26 Å². The third-order valence-electron chi connectivity index (χ3n) is 5.54. The molecule has 1 aromatic carbocycles. The molecule has 0 spiro atoms. The van der Waals surface area contributed by atoms with Crippen molar-refractivity contribution in [2.24, 2.45) is 5.92 Å². The largest absolute Gasteiger partial charge is 2.00 e. The van der Waals surface area contributed by atoms with Gasteiger partial charge in [-0.2, -0.15) is 18.4 Å². The Morgan fingerprint density at radius 1 is 1.15 bits per heavy atom. The smallest absolute Gasteiger partial charge is 0.482 e. The van der Waals surface area contributed by atoms with Gasteiger partial charge in [0.1, 0.15) is 5.75 Å². The molecule has 2 aliphatic carbocycles. The van der Waals surface area contributed by atoms with Crippen LogP contribution in [-0.4, -0.2) is 18.2 Å². The number of hydrogen-bond donors (Lipinski definition) is 1. The summed E-state index contributed by atoms with van der Waals surface area (Å²) in [6.45, 7) is 8.23. The quantitative estimate of drug-likeness (QED) is 0.317. The number of alkyl halides is 3. The number of carbonyl (C=O) groups excluding carboxylic acids is 1.